The topological polar surface area (TPSA) is 64.6 Å². The molecule has 2 aromatic carbocycles. The van der Waals surface area contributed by atoms with Crippen LogP contribution in [0.4, 0.5) is 0 Å². The van der Waals surface area contributed by atoms with Gasteiger partial charge >= 0.3 is 5.97 Å². The molecule has 1 amide bonds. The maximum atomic E-state index is 12.4. The highest BCUT2D eigenvalue weighted by Crippen LogP contribution is 2.15. The molecule has 2 rings (SSSR count). The first-order valence-electron chi connectivity index (χ1n) is 8.53. The summed E-state index contributed by atoms with van der Waals surface area (Å²) in [5, 5.41) is 2.65. The Labute approximate surface area is 153 Å². The minimum atomic E-state index is -0.564. The number of amides is 1. The Morgan fingerprint density at radius 3 is 2.54 bits per heavy atom. The van der Waals surface area contributed by atoms with E-state index in [1.54, 1.807) is 49.6 Å². The van der Waals surface area contributed by atoms with Crippen LogP contribution in [0.2, 0.25) is 0 Å². The SMILES string of the molecule is CCCCOC(=O)/C(=C\c1cccc(OC)c1)NC(=O)c1ccccc1. The highest BCUT2D eigenvalue weighted by atomic mass is 16.5. The van der Waals surface area contributed by atoms with Crippen LogP contribution in [0.15, 0.2) is 60.3 Å². The van der Waals surface area contributed by atoms with Gasteiger partial charge in [-0.25, -0.2) is 4.79 Å². The normalized spacial score (nSPS) is 10.9. The molecular formula is C21H23NO4. The van der Waals surface area contributed by atoms with Crippen molar-refractivity contribution in [3.8, 4) is 5.75 Å². The van der Waals surface area contributed by atoms with E-state index in [-0.39, 0.29) is 11.6 Å². The van der Waals surface area contributed by atoms with Crippen LogP contribution in [0.1, 0.15) is 35.7 Å². The van der Waals surface area contributed by atoms with E-state index in [1.165, 1.54) is 0 Å². The molecule has 0 saturated heterocycles. The number of esters is 1. The summed E-state index contributed by atoms with van der Waals surface area (Å²) in [5.74, 6) is -0.274. The van der Waals surface area contributed by atoms with Gasteiger partial charge in [0.1, 0.15) is 11.4 Å². The van der Waals surface area contributed by atoms with E-state index in [1.807, 2.05) is 25.1 Å². The van der Waals surface area contributed by atoms with Crippen LogP contribution in [-0.4, -0.2) is 25.6 Å². The number of benzene rings is 2. The Kier molecular flexibility index (Phi) is 7.43. The van der Waals surface area contributed by atoms with Crippen LogP contribution < -0.4 is 10.1 Å². The van der Waals surface area contributed by atoms with E-state index in [2.05, 4.69) is 5.32 Å². The number of ether oxygens (including phenoxy) is 2. The van der Waals surface area contributed by atoms with E-state index >= 15 is 0 Å². The minimum Gasteiger partial charge on any atom is -0.497 e. The van der Waals surface area contributed by atoms with Crippen molar-refractivity contribution < 1.29 is 19.1 Å². The van der Waals surface area contributed by atoms with Crippen molar-refractivity contribution in [3.63, 3.8) is 0 Å². The van der Waals surface area contributed by atoms with Crippen molar-refractivity contribution in [1.29, 1.82) is 0 Å². The maximum Gasteiger partial charge on any atom is 0.354 e. The molecule has 0 spiro atoms. The maximum absolute atomic E-state index is 12.4. The largest absolute Gasteiger partial charge is 0.497 e. The van der Waals surface area contributed by atoms with Gasteiger partial charge in [-0.05, 0) is 42.3 Å². The Bertz CT molecular complexity index is 769. The second-order valence-corrected chi connectivity index (χ2v) is 5.64. The summed E-state index contributed by atoms with van der Waals surface area (Å²) in [4.78, 5) is 24.8. The zero-order chi connectivity index (χ0) is 18.8. The van der Waals surface area contributed by atoms with Gasteiger partial charge in [-0.15, -0.1) is 0 Å². The molecule has 26 heavy (non-hydrogen) atoms. The fraction of sp³-hybridized carbons (Fsp3) is 0.238. The van der Waals surface area contributed by atoms with E-state index in [4.69, 9.17) is 9.47 Å². The van der Waals surface area contributed by atoms with Crippen LogP contribution in [0.3, 0.4) is 0 Å². The van der Waals surface area contributed by atoms with E-state index in [9.17, 15) is 9.59 Å². The quantitative estimate of drug-likeness (QED) is 0.445. The van der Waals surface area contributed by atoms with Crippen LogP contribution in [-0.2, 0) is 9.53 Å². The number of methoxy groups -OCH3 is 1. The molecule has 0 aliphatic carbocycles. The molecule has 5 heteroatoms. The predicted molar refractivity (Wildman–Crippen MR) is 101 cm³/mol. The molecular weight excluding hydrogens is 330 g/mol. The van der Waals surface area contributed by atoms with E-state index in [0.29, 0.717) is 17.9 Å². The second kappa shape index (κ2) is 10.0. The predicted octanol–water partition coefficient (Wildman–Crippen LogP) is 3.81. The average molecular weight is 353 g/mol. The van der Waals surface area contributed by atoms with Gasteiger partial charge in [0.25, 0.3) is 5.91 Å². The molecule has 0 atom stereocenters. The molecule has 0 aliphatic heterocycles. The number of rotatable bonds is 8. The Balaban J connectivity index is 2.24. The molecule has 0 unspecified atom stereocenters. The standard InChI is InChI=1S/C21H23NO4/c1-3-4-13-26-21(24)19(15-16-9-8-12-18(14-16)25-2)22-20(23)17-10-6-5-7-11-17/h5-12,14-15H,3-4,13H2,1-2H3,(H,22,23)/b19-15+. The van der Waals surface area contributed by atoms with Crippen molar-refractivity contribution in [3.05, 3.63) is 71.4 Å². The van der Waals surface area contributed by atoms with Crippen molar-refractivity contribution in [1.82, 2.24) is 5.32 Å². The van der Waals surface area contributed by atoms with Gasteiger partial charge < -0.3 is 14.8 Å². The third-order valence-electron chi connectivity index (χ3n) is 3.64. The van der Waals surface area contributed by atoms with E-state index in [0.717, 1.165) is 18.4 Å². The summed E-state index contributed by atoms with van der Waals surface area (Å²) in [6.45, 7) is 2.32. The average Bonchev–Trinajstić information content (AvgIpc) is 2.68. The summed E-state index contributed by atoms with van der Waals surface area (Å²) >= 11 is 0. The van der Waals surface area contributed by atoms with Gasteiger partial charge in [0.15, 0.2) is 0 Å². The first kappa shape index (κ1) is 19.2. The van der Waals surface area contributed by atoms with Crippen LogP contribution in [0.5, 0.6) is 5.75 Å². The number of hydrogen-bond acceptors (Lipinski definition) is 4. The van der Waals surface area contributed by atoms with Crippen molar-refractivity contribution in [2.75, 3.05) is 13.7 Å². The lowest BCUT2D eigenvalue weighted by atomic mass is 10.1. The van der Waals surface area contributed by atoms with Gasteiger partial charge in [0.05, 0.1) is 13.7 Å². The molecule has 0 fully saturated rings. The minimum absolute atomic E-state index is 0.0863. The van der Waals surface area contributed by atoms with Gasteiger partial charge in [-0.3, -0.25) is 4.79 Å². The first-order valence-corrected chi connectivity index (χ1v) is 8.53. The lowest BCUT2D eigenvalue weighted by Crippen LogP contribution is -2.28. The summed E-state index contributed by atoms with van der Waals surface area (Å²) in [6, 6.07) is 15.9. The number of unbranched alkanes of at least 4 members (excludes halogenated alkanes) is 1. The highest BCUT2D eigenvalue weighted by Gasteiger charge is 2.16. The smallest absolute Gasteiger partial charge is 0.354 e. The number of hydrogen-bond donors (Lipinski definition) is 1. The molecule has 0 bridgehead atoms. The number of carbonyl (C=O) groups excluding carboxylic acids is 2. The molecule has 0 aliphatic rings. The third kappa shape index (κ3) is 5.77. The summed E-state index contributed by atoms with van der Waals surface area (Å²) < 4.78 is 10.5. The van der Waals surface area contributed by atoms with Gasteiger partial charge in [-0.2, -0.15) is 0 Å². The van der Waals surface area contributed by atoms with Crippen LogP contribution in [0, 0.1) is 0 Å². The lowest BCUT2D eigenvalue weighted by molar-refractivity contribution is -0.139. The highest BCUT2D eigenvalue weighted by molar-refractivity contribution is 6.03. The van der Waals surface area contributed by atoms with Crippen molar-refractivity contribution >= 4 is 18.0 Å². The Morgan fingerprint density at radius 1 is 1.08 bits per heavy atom. The summed E-state index contributed by atoms with van der Waals surface area (Å²) in [7, 11) is 1.57. The molecule has 0 saturated carbocycles. The monoisotopic (exact) mass is 353 g/mol. The zero-order valence-corrected chi connectivity index (χ0v) is 15.0. The molecule has 1 N–H and O–H groups in total. The zero-order valence-electron chi connectivity index (χ0n) is 15.0. The Hall–Kier alpha value is -3.08. The summed E-state index contributed by atoms with van der Waals surface area (Å²) in [6.07, 6.45) is 3.26. The number of nitrogens with one attached hydrogen (secondary N) is 1. The molecule has 2 aromatic rings. The second-order valence-electron chi connectivity index (χ2n) is 5.64. The van der Waals surface area contributed by atoms with Crippen molar-refractivity contribution in [2.24, 2.45) is 0 Å². The van der Waals surface area contributed by atoms with E-state index < -0.39 is 5.97 Å². The third-order valence-corrected chi connectivity index (χ3v) is 3.64. The van der Waals surface area contributed by atoms with Gasteiger partial charge in [0, 0.05) is 5.56 Å². The molecule has 0 radical (unpaired) electrons. The van der Waals surface area contributed by atoms with Crippen LogP contribution in [0.25, 0.3) is 6.08 Å². The van der Waals surface area contributed by atoms with Gasteiger partial charge in [-0.1, -0.05) is 43.7 Å². The van der Waals surface area contributed by atoms with Gasteiger partial charge in [0.2, 0.25) is 0 Å². The molecule has 136 valence electrons. The molecule has 0 aromatic heterocycles. The lowest BCUT2D eigenvalue weighted by Gasteiger charge is -2.11. The molecule has 5 nitrogen and oxygen atoms in total. The fourth-order valence-corrected chi connectivity index (χ4v) is 2.21. The number of carbonyl (C=O) groups is 2. The van der Waals surface area contributed by atoms with Crippen molar-refractivity contribution in [2.45, 2.75) is 19.8 Å². The van der Waals surface area contributed by atoms with Crippen LogP contribution >= 0.6 is 0 Å². The first-order chi connectivity index (χ1) is 12.6. The fourth-order valence-electron chi connectivity index (χ4n) is 2.21. The summed E-state index contributed by atoms with van der Waals surface area (Å²) in [5.41, 5.74) is 1.27. The molecule has 0 heterocycles. The Morgan fingerprint density at radius 2 is 1.85 bits per heavy atom.